The van der Waals surface area contributed by atoms with Gasteiger partial charge in [0.25, 0.3) is 10.0 Å². The number of sulfone groups is 1. The summed E-state index contributed by atoms with van der Waals surface area (Å²) in [4.78, 5) is 13.2. The molecular weight excluding hydrogens is 508 g/mol. The number of benzene rings is 3. The van der Waals surface area contributed by atoms with Crippen LogP contribution in [0.5, 0.6) is 0 Å². The fourth-order valence-electron chi connectivity index (χ4n) is 3.51. The SMILES string of the molecule is Cc1ccc(S(=O)(=O)N(CC(=O)N[C@H](C)c2ccc(S(C)(=O)=O)cc2)c2cccc(Cl)c2C)cc1. The Morgan fingerprint density at radius 1 is 0.914 bits per heavy atom. The van der Waals surface area contributed by atoms with E-state index in [2.05, 4.69) is 5.32 Å². The van der Waals surface area contributed by atoms with Crippen LogP contribution in [0.25, 0.3) is 0 Å². The Hall–Kier alpha value is -2.88. The minimum absolute atomic E-state index is 0.0553. The highest BCUT2D eigenvalue weighted by molar-refractivity contribution is 7.93. The molecule has 1 amide bonds. The van der Waals surface area contributed by atoms with Gasteiger partial charge in [-0.15, -0.1) is 0 Å². The lowest BCUT2D eigenvalue weighted by Gasteiger charge is -2.27. The molecule has 186 valence electrons. The number of aryl methyl sites for hydroxylation is 1. The highest BCUT2D eigenvalue weighted by Gasteiger charge is 2.29. The van der Waals surface area contributed by atoms with Gasteiger partial charge < -0.3 is 5.32 Å². The molecule has 0 heterocycles. The first-order chi connectivity index (χ1) is 16.3. The fraction of sp³-hybridized carbons (Fsp3) is 0.240. The van der Waals surface area contributed by atoms with Gasteiger partial charge in [0.2, 0.25) is 5.91 Å². The van der Waals surface area contributed by atoms with Crippen molar-refractivity contribution >= 4 is 43.1 Å². The van der Waals surface area contributed by atoms with E-state index in [1.54, 1.807) is 56.3 Å². The predicted molar refractivity (Wildman–Crippen MR) is 138 cm³/mol. The number of nitrogens with zero attached hydrogens (tertiary/aromatic N) is 1. The van der Waals surface area contributed by atoms with Crippen molar-refractivity contribution in [1.29, 1.82) is 0 Å². The Morgan fingerprint density at radius 3 is 2.06 bits per heavy atom. The molecule has 3 aromatic carbocycles. The number of amides is 1. The number of anilines is 1. The monoisotopic (exact) mass is 534 g/mol. The van der Waals surface area contributed by atoms with Gasteiger partial charge in [-0.05, 0) is 68.3 Å². The van der Waals surface area contributed by atoms with E-state index in [9.17, 15) is 21.6 Å². The molecule has 0 spiro atoms. The van der Waals surface area contributed by atoms with Crippen molar-refractivity contribution in [3.05, 3.63) is 88.4 Å². The zero-order valence-electron chi connectivity index (χ0n) is 19.8. The summed E-state index contributed by atoms with van der Waals surface area (Å²) in [5.41, 5.74) is 2.42. The molecule has 7 nitrogen and oxygen atoms in total. The maximum atomic E-state index is 13.6. The van der Waals surface area contributed by atoms with E-state index in [0.717, 1.165) is 16.1 Å². The van der Waals surface area contributed by atoms with Crippen LogP contribution in [0.15, 0.2) is 76.5 Å². The number of carbonyl (C=O) groups excluding carboxylic acids is 1. The van der Waals surface area contributed by atoms with E-state index in [1.165, 1.54) is 24.3 Å². The molecule has 0 aromatic heterocycles. The lowest BCUT2D eigenvalue weighted by atomic mass is 10.1. The molecule has 3 aromatic rings. The zero-order chi connectivity index (χ0) is 26.0. The standard InChI is InChI=1S/C25H27ClN2O5S2/c1-17-8-12-22(13-9-17)35(32,33)28(24-7-5-6-23(26)18(24)2)16-25(29)27-19(3)20-10-14-21(15-11-20)34(4,30)31/h5-15,19H,16H2,1-4H3,(H,27,29)/t19-/m1/s1. The van der Waals surface area contributed by atoms with Gasteiger partial charge in [-0.1, -0.05) is 47.5 Å². The van der Waals surface area contributed by atoms with Crippen molar-refractivity contribution in [2.75, 3.05) is 17.1 Å². The smallest absolute Gasteiger partial charge is 0.264 e. The van der Waals surface area contributed by atoms with Crippen LogP contribution in [-0.2, 0) is 24.7 Å². The molecule has 0 aliphatic heterocycles. The number of sulfonamides is 1. The molecule has 0 aliphatic rings. The quantitative estimate of drug-likeness (QED) is 0.460. The maximum Gasteiger partial charge on any atom is 0.264 e. The normalized spacial score (nSPS) is 12.7. The van der Waals surface area contributed by atoms with Gasteiger partial charge in [-0.2, -0.15) is 0 Å². The van der Waals surface area contributed by atoms with Crippen molar-refractivity contribution in [3.63, 3.8) is 0 Å². The topological polar surface area (TPSA) is 101 Å². The second-order valence-corrected chi connectivity index (χ2v) is 12.6. The summed E-state index contributed by atoms with van der Waals surface area (Å²) in [5, 5.41) is 3.17. The highest BCUT2D eigenvalue weighted by Crippen LogP contribution is 2.31. The van der Waals surface area contributed by atoms with Crippen LogP contribution in [0, 0.1) is 13.8 Å². The molecule has 0 aliphatic carbocycles. The molecule has 0 saturated carbocycles. The number of rotatable bonds is 8. The van der Waals surface area contributed by atoms with E-state index in [-0.39, 0.29) is 9.79 Å². The number of hydrogen-bond acceptors (Lipinski definition) is 5. The largest absolute Gasteiger partial charge is 0.348 e. The summed E-state index contributed by atoms with van der Waals surface area (Å²) in [6, 6.07) is 17.0. The van der Waals surface area contributed by atoms with Gasteiger partial charge in [-0.3, -0.25) is 9.10 Å². The van der Waals surface area contributed by atoms with E-state index in [4.69, 9.17) is 11.6 Å². The van der Waals surface area contributed by atoms with Crippen LogP contribution >= 0.6 is 11.6 Å². The molecule has 10 heteroatoms. The number of hydrogen-bond donors (Lipinski definition) is 1. The minimum Gasteiger partial charge on any atom is -0.348 e. The number of halogens is 1. The summed E-state index contributed by atoms with van der Waals surface area (Å²) >= 11 is 6.26. The molecule has 1 atom stereocenters. The summed E-state index contributed by atoms with van der Waals surface area (Å²) in [6.07, 6.45) is 1.12. The van der Waals surface area contributed by atoms with Crippen molar-refractivity contribution in [2.24, 2.45) is 0 Å². The number of carbonyl (C=O) groups is 1. The minimum atomic E-state index is -4.08. The first kappa shape index (κ1) is 26.7. The average molecular weight is 535 g/mol. The van der Waals surface area contributed by atoms with E-state index in [0.29, 0.717) is 21.8 Å². The van der Waals surface area contributed by atoms with Gasteiger partial charge in [0, 0.05) is 11.3 Å². The molecule has 0 unspecified atom stereocenters. The summed E-state index contributed by atoms with van der Waals surface area (Å²) < 4.78 is 51.6. The second kappa shape index (κ2) is 10.4. The lowest BCUT2D eigenvalue weighted by Crippen LogP contribution is -2.42. The maximum absolute atomic E-state index is 13.6. The summed E-state index contributed by atoms with van der Waals surface area (Å²) in [7, 11) is -7.42. The van der Waals surface area contributed by atoms with Gasteiger partial charge in [0.1, 0.15) is 6.54 Å². The van der Waals surface area contributed by atoms with Gasteiger partial charge in [0.05, 0.1) is 21.5 Å². The first-order valence-electron chi connectivity index (χ1n) is 10.7. The Labute approximate surface area is 211 Å². The zero-order valence-corrected chi connectivity index (χ0v) is 22.2. The molecule has 0 saturated heterocycles. The molecule has 0 bridgehead atoms. The predicted octanol–water partition coefficient (Wildman–Crippen LogP) is 4.43. The molecule has 0 radical (unpaired) electrons. The van der Waals surface area contributed by atoms with Crippen LogP contribution in [-0.4, -0.2) is 35.5 Å². The molecule has 3 rings (SSSR count). The average Bonchev–Trinajstić information content (AvgIpc) is 2.79. The van der Waals surface area contributed by atoms with Crippen molar-refractivity contribution in [1.82, 2.24) is 5.32 Å². The van der Waals surface area contributed by atoms with E-state index >= 15 is 0 Å². The van der Waals surface area contributed by atoms with Crippen molar-refractivity contribution in [3.8, 4) is 0 Å². The lowest BCUT2D eigenvalue weighted by molar-refractivity contribution is -0.120. The van der Waals surface area contributed by atoms with Gasteiger partial charge in [0.15, 0.2) is 9.84 Å². The molecule has 35 heavy (non-hydrogen) atoms. The summed E-state index contributed by atoms with van der Waals surface area (Å²) in [6.45, 7) is 4.81. The summed E-state index contributed by atoms with van der Waals surface area (Å²) in [5.74, 6) is -0.528. The first-order valence-corrected chi connectivity index (χ1v) is 14.5. The van der Waals surface area contributed by atoms with Gasteiger partial charge >= 0.3 is 0 Å². The van der Waals surface area contributed by atoms with Crippen LogP contribution < -0.4 is 9.62 Å². The Balaban J connectivity index is 1.91. The third kappa shape index (κ3) is 6.22. The van der Waals surface area contributed by atoms with E-state index < -0.39 is 38.4 Å². The highest BCUT2D eigenvalue weighted by atomic mass is 35.5. The third-order valence-electron chi connectivity index (χ3n) is 5.59. The van der Waals surface area contributed by atoms with Crippen LogP contribution in [0.4, 0.5) is 5.69 Å². The van der Waals surface area contributed by atoms with Gasteiger partial charge in [-0.25, -0.2) is 16.8 Å². The van der Waals surface area contributed by atoms with Crippen LogP contribution in [0.2, 0.25) is 5.02 Å². The fourth-order valence-corrected chi connectivity index (χ4v) is 5.79. The third-order valence-corrected chi connectivity index (χ3v) is 8.90. The Morgan fingerprint density at radius 2 is 1.49 bits per heavy atom. The molecule has 0 fully saturated rings. The van der Waals surface area contributed by atoms with Crippen molar-refractivity contribution < 1.29 is 21.6 Å². The van der Waals surface area contributed by atoms with Crippen LogP contribution in [0.3, 0.4) is 0 Å². The van der Waals surface area contributed by atoms with E-state index in [1.807, 2.05) is 6.92 Å². The molecular formula is C25H27ClN2O5S2. The Bertz CT molecular complexity index is 1440. The molecule has 1 N–H and O–H groups in total. The number of nitrogens with one attached hydrogen (secondary N) is 1. The van der Waals surface area contributed by atoms with Crippen LogP contribution in [0.1, 0.15) is 29.7 Å². The van der Waals surface area contributed by atoms with Crippen molar-refractivity contribution in [2.45, 2.75) is 36.6 Å². The Kier molecular flexibility index (Phi) is 7.93. The second-order valence-electron chi connectivity index (χ2n) is 8.34.